The summed E-state index contributed by atoms with van der Waals surface area (Å²) in [5.41, 5.74) is 5.49. The number of nitrogens with zero attached hydrogens (tertiary/aromatic N) is 4. The van der Waals surface area contributed by atoms with E-state index in [1.807, 2.05) is 45.0 Å². The van der Waals surface area contributed by atoms with Crippen molar-refractivity contribution in [3.63, 3.8) is 0 Å². The van der Waals surface area contributed by atoms with Crippen LogP contribution in [0.4, 0.5) is 24.8 Å². The topological polar surface area (TPSA) is 169 Å². The first-order valence-corrected chi connectivity index (χ1v) is 22.1. The van der Waals surface area contributed by atoms with Gasteiger partial charge in [0.15, 0.2) is 0 Å². The largest absolute Gasteiger partial charge is 0.478 e. The number of hydrogen-bond donors (Lipinski definition) is 6. The second-order valence-corrected chi connectivity index (χ2v) is 17.4. The molecule has 1 aromatic heterocycles. The molecule has 352 valence electrons. The Kier molecular flexibility index (Phi) is 19.9. The van der Waals surface area contributed by atoms with E-state index in [1.54, 1.807) is 26.8 Å². The van der Waals surface area contributed by atoms with Crippen molar-refractivity contribution in [2.24, 2.45) is 16.3 Å². The highest BCUT2D eigenvalue weighted by atomic mass is 19.4. The molecule has 0 radical (unpaired) electrons. The number of carboxylic acid groups (broad SMARTS) is 1. The molecule has 0 amide bonds. The highest BCUT2D eigenvalue weighted by Gasteiger charge is 2.59. The average Bonchev–Trinajstić information content (AvgIpc) is 3.43. The Morgan fingerprint density at radius 2 is 1.62 bits per heavy atom. The molecule has 1 saturated heterocycles. The molecule has 2 unspecified atom stereocenters. The van der Waals surface area contributed by atoms with Crippen molar-refractivity contribution in [2.75, 3.05) is 12.0 Å². The number of carboxylic acids is 1. The minimum Gasteiger partial charge on any atom is -0.478 e. The maximum absolute atomic E-state index is 13.9. The molecule has 1 aliphatic heterocycles. The quantitative estimate of drug-likeness (QED) is 0.0396. The van der Waals surface area contributed by atoms with E-state index < -0.39 is 22.5 Å². The summed E-state index contributed by atoms with van der Waals surface area (Å²) in [7, 11) is 0. The molecular weight excluding hydrogens is 826 g/mol. The van der Waals surface area contributed by atoms with Crippen LogP contribution >= 0.6 is 0 Å². The summed E-state index contributed by atoms with van der Waals surface area (Å²) in [6.07, 6.45) is 4.39. The van der Waals surface area contributed by atoms with Crippen molar-refractivity contribution in [1.29, 1.82) is 0 Å². The van der Waals surface area contributed by atoms with Gasteiger partial charge >= 0.3 is 12.1 Å². The van der Waals surface area contributed by atoms with Crippen LogP contribution in [0.25, 0.3) is 11.3 Å². The minimum atomic E-state index is -4.31. The Hall–Kier alpha value is -4.93. The number of aryl methyl sites for hydroxylation is 2. The third kappa shape index (κ3) is 15.1. The number of aliphatic hydroxyl groups excluding tert-OH is 1. The Labute approximate surface area is 377 Å². The molecule has 1 aliphatic carbocycles. The molecule has 2 atom stereocenters. The summed E-state index contributed by atoms with van der Waals surface area (Å²) in [4.78, 5) is 23.5. The molecule has 2 aliphatic rings. The van der Waals surface area contributed by atoms with Gasteiger partial charge in [-0.1, -0.05) is 95.0 Å². The summed E-state index contributed by atoms with van der Waals surface area (Å²) in [5.74, 6) is -0.367. The van der Waals surface area contributed by atoms with Crippen LogP contribution in [-0.2, 0) is 0 Å². The van der Waals surface area contributed by atoms with Gasteiger partial charge in [-0.05, 0) is 103 Å². The van der Waals surface area contributed by atoms with Crippen LogP contribution in [0.5, 0.6) is 5.88 Å². The van der Waals surface area contributed by atoms with Crippen molar-refractivity contribution >= 4 is 23.3 Å². The van der Waals surface area contributed by atoms with Gasteiger partial charge in [-0.25, -0.2) is 9.78 Å². The SMILES string of the molecule is C=C(/C=C(\C)C1(C(F)(F)F)CCC1)C(C)=N/C(=C\C)C1CCCCC(COc2cc(-c3c(C)cccc3C)nc(N[N+](O)(O)c3cccc(C(=O)O)c3)n2)N1.CC(C)O.CCC(C)C. The van der Waals surface area contributed by atoms with E-state index in [-0.39, 0.29) is 66.3 Å². The zero-order chi connectivity index (χ0) is 48.0. The van der Waals surface area contributed by atoms with Gasteiger partial charge in [0.2, 0.25) is 11.6 Å². The van der Waals surface area contributed by atoms with Crippen molar-refractivity contribution in [2.45, 2.75) is 145 Å². The predicted molar refractivity (Wildman–Crippen MR) is 249 cm³/mol. The molecule has 3 aromatic rings. The molecule has 0 bridgehead atoms. The maximum atomic E-state index is 13.9. The Bertz CT molecular complexity index is 2100. The normalized spacial score (nSPS) is 18.2. The van der Waals surface area contributed by atoms with Gasteiger partial charge in [0.25, 0.3) is 5.95 Å². The zero-order valence-corrected chi connectivity index (χ0v) is 39.2. The summed E-state index contributed by atoms with van der Waals surface area (Å²) >= 11 is 0. The number of carbonyl (C=O) groups is 1. The molecule has 2 aromatic carbocycles. The number of hydrogen-bond acceptors (Lipinski definition) is 10. The van der Waals surface area contributed by atoms with Crippen molar-refractivity contribution in [3.05, 3.63) is 101 Å². The van der Waals surface area contributed by atoms with Gasteiger partial charge in [0.05, 0.1) is 27.3 Å². The fourth-order valence-electron chi connectivity index (χ4n) is 7.22. The summed E-state index contributed by atoms with van der Waals surface area (Å²) in [6.45, 7) is 23.4. The molecule has 2 fully saturated rings. The van der Waals surface area contributed by atoms with E-state index in [0.29, 0.717) is 23.4 Å². The molecule has 2 heterocycles. The van der Waals surface area contributed by atoms with Gasteiger partial charge in [-0.15, -0.1) is 15.8 Å². The smallest absolute Gasteiger partial charge is 0.398 e. The maximum Gasteiger partial charge on any atom is 0.398 e. The Balaban J connectivity index is 0.00000110. The highest BCUT2D eigenvalue weighted by molar-refractivity contribution is 6.01. The standard InChI is InChI=1S/C41H49F3N6O5.C5H12.C3H8O/c1-7-33(45-29(6)27(4)21-28(5)40(19-12-20-40)41(42,43)44)34-18-9-8-16-31(46-34)24-55-36-23-35(37-25(2)13-10-14-26(37)3)47-39(48-36)49-50(53,54)32-17-11-15-30(22-32)38(51)52;1-4-5(2)3;1-3(2)4/h7,10-11,13-15,17,21-23,31,34,46,53-54H,4,8-9,12,16,18-20,24H2,1-3,5-6H3,(H-,47,48,49,51,52);5H,4H2,1-3H3;3-4H,1-2H3/p+1/b28-21+,33-7-,45-29?;;. The van der Waals surface area contributed by atoms with Gasteiger partial charge in [-0.3, -0.25) is 4.99 Å². The number of aliphatic hydroxyl groups is 1. The lowest BCUT2D eigenvalue weighted by molar-refractivity contribution is -0.273. The number of allylic oxidation sites excluding steroid dienone is 4. The van der Waals surface area contributed by atoms with Crippen molar-refractivity contribution in [1.82, 2.24) is 20.2 Å². The highest BCUT2D eigenvalue weighted by Crippen LogP contribution is 2.57. The van der Waals surface area contributed by atoms with Gasteiger partial charge in [0, 0.05) is 47.7 Å². The molecule has 0 spiro atoms. The summed E-state index contributed by atoms with van der Waals surface area (Å²) in [5, 5.41) is 43.1. The predicted octanol–water partition coefficient (Wildman–Crippen LogP) is 11.9. The lowest BCUT2D eigenvalue weighted by Crippen LogP contribution is -2.48. The van der Waals surface area contributed by atoms with E-state index in [4.69, 9.17) is 14.8 Å². The van der Waals surface area contributed by atoms with E-state index in [0.717, 1.165) is 60.1 Å². The lowest BCUT2D eigenvalue weighted by atomic mass is 9.63. The fourth-order valence-corrected chi connectivity index (χ4v) is 7.22. The first-order valence-electron chi connectivity index (χ1n) is 22.1. The molecule has 5 rings (SSSR count). The fraction of sp³-hybridized carbons (Fsp3) is 0.510. The number of nitrogens with one attached hydrogen (secondary N) is 2. The first-order chi connectivity index (χ1) is 29.9. The van der Waals surface area contributed by atoms with Gasteiger partial charge < -0.3 is 20.3 Å². The van der Waals surface area contributed by atoms with Crippen LogP contribution in [-0.4, -0.2) is 73.2 Å². The van der Waals surface area contributed by atoms with E-state index >= 15 is 0 Å². The van der Waals surface area contributed by atoms with Crippen LogP contribution in [0, 0.1) is 25.2 Å². The van der Waals surface area contributed by atoms with Crippen LogP contribution in [0.15, 0.2) is 89.1 Å². The minimum absolute atomic E-state index is 0.0868. The number of rotatable bonds is 14. The number of aliphatic imine (C=N–C) groups is 1. The lowest BCUT2D eigenvalue weighted by Gasteiger charge is -2.44. The van der Waals surface area contributed by atoms with Crippen molar-refractivity contribution in [3.8, 4) is 17.1 Å². The first kappa shape index (κ1) is 53.4. The van der Waals surface area contributed by atoms with Crippen LogP contribution in [0.2, 0.25) is 0 Å². The molecule has 15 heteroatoms. The number of benzene rings is 2. The molecule has 64 heavy (non-hydrogen) atoms. The number of aromatic nitrogens is 2. The molecule has 1 saturated carbocycles. The van der Waals surface area contributed by atoms with Gasteiger partial charge in [0.1, 0.15) is 6.61 Å². The third-order valence-electron chi connectivity index (χ3n) is 11.4. The van der Waals surface area contributed by atoms with Crippen LogP contribution in [0.3, 0.4) is 0 Å². The second-order valence-electron chi connectivity index (χ2n) is 17.4. The zero-order valence-electron chi connectivity index (χ0n) is 39.2. The van der Waals surface area contributed by atoms with Crippen LogP contribution in [0.1, 0.15) is 128 Å². The van der Waals surface area contributed by atoms with Gasteiger partial charge in [-0.2, -0.15) is 18.2 Å². The monoisotopic (exact) mass is 896 g/mol. The van der Waals surface area contributed by atoms with E-state index in [2.05, 4.69) is 48.1 Å². The van der Waals surface area contributed by atoms with E-state index in [9.17, 15) is 33.5 Å². The Morgan fingerprint density at radius 1 is 1.03 bits per heavy atom. The number of alkyl halides is 3. The number of aromatic carboxylic acids is 1. The van der Waals surface area contributed by atoms with E-state index in [1.165, 1.54) is 37.6 Å². The number of anilines is 1. The summed E-state index contributed by atoms with van der Waals surface area (Å²) < 4.78 is 48.1. The molecular formula is C49H70F3N6O6+. The average molecular weight is 896 g/mol. The number of halogens is 3. The van der Waals surface area contributed by atoms with Crippen LogP contribution < -0.4 is 20.4 Å². The number of ether oxygens (including phenoxy) is 1. The molecule has 6 N–H and O–H groups in total. The number of quaternary nitrogens is 1. The van der Waals surface area contributed by atoms with Crippen molar-refractivity contribution < 1.29 is 43.3 Å². The summed E-state index contributed by atoms with van der Waals surface area (Å²) in [6, 6.07) is 12.4. The second kappa shape index (κ2) is 23.8. The third-order valence-corrected chi connectivity index (χ3v) is 11.4. The molecule has 12 nitrogen and oxygen atoms in total. The Morgan fingerprint density at radius 3 is 2.16 bits per heavy atom.